The molecule has 0 aromatic carbocycles. The van der Waals surface area contributed by atoms with E-state index in [2.05, 4.69) is 10.0 Å². The van der Waals surface area contributed by atoms with Gasteiger partial charge < -0.3 is 5.32 Å². The zero-order valence-electron chi connectivity index (χ0n) is 12.9. The van der Waals surface area contributed by atoms with Gasteiger partial charge in [0.15, 0.2) is 0 Å². The summed E-state index contributed by atoms with van der Waals surface area (Å²) in [5.74, 6) is 0. The highest BCUT2D eigenvalue weighted by atomic mass is 32.2. The highest BCUT2D eigenvalue weighted by Crippen LogP contribution is 2.24. The summed E-state index contributed by atoms with van der Waals surface area (Å²) in [4.78, 5) is 0. The molecule has 1 heterocycles. The van der Waals surface area contributed by atoms with Crippen molar-refractivity contribution in [3.05, 3.63) is 0 Å². The van der Waals surface area contributed by atoms with Gasteiger partial charge in [-0.1, -0.05) is 25.7 Å². The van der Waals surface area contributed by atoms with Gasteiger partial charge in [-0.2, -0.15) is 17.4 Å². The van der Waals surface area contributed by atoms with Crippen molar-refractivity contribution in [2.24, 2.45) is 0 Å². The second kappa shape index (κ2) is 6.94. The van der Waals surface area contributed by atoms with E-state index < -0.39 is 10.2 Å². The summed E-state index contributed by atoms with van der Waals surface area (Å²) >= 11 is 0. The molecule has 0 amide bonds. The Morgan fingerprint density at radius 3 is 2.29 bits per heavy atom. The average molecular weight is 315 g/mol. The van der Waals surface area contributed by atoms with Gasteiger partial charge in [0.25, 0.3) is 10.2 Å². The van der Waals surface area contributed by atoms with E-state index in [-0.39, 0.29) is 12.1 Å². The molecular formula is C15H29N3O2S. The fraction of sp³-hybridized carbons (Fsp3) is 1.00. The topological polar surface area (TPSA) is 61.4 Å². The second-order valence-electron chi connectivity index (χ2n) is 6.90. The smallest absolute Gasteiger partial charge is 0.279 e. The number of nitrogens with one attached hydrogen (secondary N) is 2. The molecule has 0 spiro atoms. The zero-order chi connectivity index (χ0) is 14.7. The summed E-state index contributed by atoms with van der Waals surface area (Å²) in [6, 6.07) is 0.936. The molecule has 0 bridgehead atoms. The monoisotopic (exact) mass is 315 g/mol. The van der Waals surface area contributed by atoms with Crippen LogP contribution in [0.1, 0.15) is 64.2 Å². The predicted molar refractivity (Wildman–Crippen MR) is 84.3 cm³/mol. The Kier molecular flexibility index (Phi) is 5.19. The van der Waals surface area contributed by atoms with Gasteiger partial charge in [-0.05, 0) is 38.5 Å². The molecule has 3 fully saturated rings. The normalized spacial score (nSPS) is 29.6. The van der Waals surface area contributed by atoms with Gasteiger partial charge in [0, 0.05) is 31.2 Å². The largest absolute Gasteiger partial charge is 0.312 e. The van der Waals surface area contributed by atoms with Crippen LogP contribution in [0.25, 0.3) is 0 Å². The lowest BCUT2D eigenvalue weighted by Crippen LogP contribution is -2.54. The maximum Gasteiger partial charge on any atom is 0.279 e. The lowest BCUT2D eigenvalue weighted by molar-refractivity contribution is 0.239. The summed E-state index contributed by atoms with van der Waals surface area (Å²) in [5, 5.41) is 3.50. The van der Waals surface area contributed by atoms with E-state index in [1.165, 1.54) is 19.3 Å². The third-order valence-corrected chi connectivity index (χ3v) is 6.75. The number of rotatable bonds is 6. The molecule has 2 saturated carbocycles. The molecule has 0 radical (unpaired) electrons. The Morgan fingerprint density at radius 1 is 0.857 bits per heavy atom. The van der Waals surface area contributed by atoms with Crippen molar-refractivity contribution < 1.29 is 8.42 Å². The molecule has 3 aliphatic rings. The van der Waals surface area contributed by atoms with E-state index in [4.69, 9.17) is 0 Å². The molecule has 1 aliphatic heterocycles. The van der Waals surface area contributed by atoms with E-state index in [9.17, 15) is 8.42 Å². The summed E-state index contributed by atoms with van der Waals surface area (Å²) < 4.78 is 30.1. The zero-order valence-corrected chi connectivity index (χ0v) is 13.7. The Hall–Kier alpha value is -0.170. The molecule has 1 unspecified atom stereocenters. The quantitative estimate of drug-likeness (QED) is 0.785. The van der Waals surface area contributed by atoms with Crippen LogP contribution in [-0.2, 0) is 10.2 Å². The lowest BCUT2D eigenvalue weighted by atomic mass is 9.96. The SMILES string of the molecule is O=S(=O)(NC1CCCCC1)N1CCCCC1CNC1CC1. The minimum absolute atomic E-state index is 0.139. The van der Waals surface area contributed by atoms with Gasteiger partial charge >= 0.3 is 0 Å². The summed E-state index contributed by atoms with van der Waals surface area (Å²) in [7, 11) is -3.32. The van der Waals surface area contributed by atoms with Crippen LogP contribution in [0.5, 0.6) is 0 Å². The Balaban J connectivity index is 1.59. The molecule has 1 saturated heterocycles. The van der Waals surface area contributed by atoms with Gasteiger partial charge in [0.05, 0.1) is 0 Å². The van der Waals surface area contributed by atoms with Crippen LogP contribution in [-0.4, -0.2) is 43.9 Å². The summed E-state index contributed by atoms with van der Waals surface area (Å²) in [6.07, 6.45) is 11.2. The van der Waals surface area contributed by atoms with E-state index >= 15 is 0 Å². The van der Waals surface area contributed by atoms with Gasteiger partial charge in [-0.3, -0.25) is 0 Å². The maximum absolute atomic E-state index is 12.7. The molecule has 2 aliphatic carbocycles. The minimum atomic E-state index is -3.32. The highest BCUT2D eigenvalue weighted by Gasteiger charge is 2.34. The summed E-state index contributed by atoms with van der Waals surface area (Å²) in [5.41, 5.74) is 0. The molecule has 122 valence electrons. The van der Waals surface area contributed by atoms with Crippen molar-refractivity contribution in [3.8, 4) is 0 Å². The first-order valence-corrected chi connectivity index (χ1v) is 10.1. The third-order valence-electron chi connectivity index (χ3n) is 5.02. The number of piperidine rings is 1. The van der Waals surface area contributed by atoms with Gasteiger partial charge in [-0.15, -0.1) is 0 Å². The number of nitrogens with zero attached hydrogens (tertiary/aromatic N) is 1. The molecule has 0 aromatic rings. The van der Waals surface area contributed by atoms with E-state index in [1.807, 2.05) is 0 Å². The average Bonchev–Trinajstić information content (AvgIpc) is 3.30. The molecule has 2 N–H and O–H groups in total. The molecule has 5 nitrogen and oxygen atoms in total. The van der Waals surface area contributed by atoms with Crippen LogP contribution in [0.2, 0.25) is 0 Å². The van der Waals surface area contributed by atoms with Crippen LogP contribution in [0.3, 0.4) is 0 Å². The Bertz CT molecular complexity index is 430. The van der Waals surface area contributed by atoms with Crippen molar-refractivity contribution in [3.63, 3.8) is 0 Å². The lowest BCUT2D eigenvalue weighted by Gasteiger charge is -2.36. The first-order valence-electron chi connectivity index (χ1n) is 8.67. The van der Waals surface area contributed by atoms with Crippen molar-refractivity contribution in [1.29, 1.82) is 0 Å². The van der Waals surface area contributed by atoms with Crippen LogP contribution >= 0.6 is 0 Å². The number of hydrogen-bond acceptors (Lipinski definition) is 3. The molecule has 3 rings (SSSR count). The van der Waals surface area contributed by atoms with E-state index in [0.717, 1.165) is 51.5 Å². The second-order valence-corrected chi connectivity index (χ2v) is 8.56. The first-order chi connectivity index (χ1) is 10.1. The standard InChI is InChI=1S/C15H29N3O2S/c19-21(20,17-14-6-2-1-3-7-14)18-11-5-4-8-15(18)12-16-13-9-10-13/h13-17H,1-12H2. The Morgan fingerprint density at radius 2 is 1.57 bits per heavy atom. The fourth-order valence-corrected chi connectivity index (χ4v) is 5.32. The van der Waals surface area contributed by atoms with Gasteiger partial charge in [-0.25, -0.2) is 0 Å². The van der Waals surface area contributed by atoms with E-state index in [1.54, 1.807) is 4.31 Å². The Labute approximate surface area is 129 Å². The highest BCUT2D eigenvalue weighted by molar-refractivity contribution is 7.87. The number of hydrogen-bond donors (Lipinski definition) is 2. The molecule has 21 heavy (non-hydrogen) atoms. The predicted octanol–water partition coefficient (Wildman–Crippen LogP) is 1.76. The van der Waals surface area contributed by atoms with Crippen molar-refractivity contribution >= 4 is 10.2 Å². The first kappa shape index (κ1) is 15.7. The summed E-state index contributed by atoms with van der Waals surface area (Å²) in [6.45, 7) is 1.50. The molecule has 1 atom stereocenters. The molecular weight excluding hydrogens is 286 g/mol. The minimum Gasteiger partial charge on any atom is -0.312 e. The van der Waals surface area contributed by atoms with Crippen molar-refractivity contribution in [2.45, 2.75) is 82.3 Å². The van der Waals surface area contributed by atoms with Crippen LogP contribution < -0.4 is 10.0 Å². The van der Waals surface area contributed by atoms with Gasteiger partial charge in [0.1, 0.15) is 0 Å². The van der Waals surface area contributed by atoms with Crippen molar-refractivity contribution in [1.82, 2.24) is 14.3 Å². The van der Waals surface area contributed by atoms with Crippen molar-refractivity contribution in [2.75, 3.05) is 13.1 Å². The fourth-order valence-electron chi connectivity index (χ4n) is 3.58. The van der Waals surface area contributed by atoms with Crippen LogP contribution in [0, 0.1) is 0 Å². The third kappa shape index (κ3) is 4.41. The van der Waals surface area contributed by atoms with Crippen LogP contribution in [0.4, 0.5) is 0 Å². The molecule has 0 aromatic heterocycles. The molecule has 6 heteroatoms. The van der Waals surface area contributed by atoms with Crippen LogP contribution in [0.15, 0.2) is 0 Å². The van der Waals surface area contributed by atoms with Gasteiger partial charge in [0.2, 0.25) is 0 Å². The van der Waals surface area contributed by atoms with E-state index in [0.29, 0.717) is 12.6 Å². The maximum atomic E-state index is 12.7.